The van der Waals surface area contributed by atoms with Crippen molar-refractivity contribution in [3.05, 3.63) is 47.5 Å². The van der Waals surface area contributed by atoms with E-state index in [9.17, 15) is 4.39 Å². The summed E-state index contributed by atoms with van der Waals surface area (Å²) in [7, 11) is 0. The lowest BCUT2D eigenvalue weighted by molar-refractivity contribution is 0.417. The molecule has 0 aliphatic heterocycles. The van der Waals surface area contributed by atoms with Gasteiger partial charge in [0.25, 0.3) is 0 Å². The average molecular weight is 261 g/mol. The number of benzene rings is 1. The fourth-order valence-corrected chi connectivity index (χ4v) is 2.28. The molecule has 2 aromatic rings. The van der Waals surface area contributed by atoms with E-state index in [2.05, 4.69) is 19.2 Å². The van der Waals surface area contributed by atoms with Gasteiger partial charge >= 0.3 is 0 Å². The molecule has 2 nitrogen and oxygen atoms in total. The van der Waals surface area contributed by atoms with Crippen LogP contribution in [0.15, 0.2) is 34.7 Å². The lowest BCUT2D eigenvalue weighted by Gasteiger charge is -2.12. The van der Waals surface area contributed by atoms with Crippen molar-refractivity contribution in [2.75, 3.05) is 6.54 Å². The molecule has 2 rings (SSSR count). The van der Waals surface area contributed by atoms with Gasteiger partial charge in [0.15, 0.2) is 0 Å². The predicted octanol–water partition coefficient (Wildman–Crippen LogP) is 4.45. The van der Waals surface area contributed by atoms with Crippen LogP contribution in [-0.4, -0.2) is 6.54 Å². The first-order valence-corrected chi connectivity index (χ1v) is 6.75. The highest BCUT2D eigenvalue weighted by atomic mass is 19.1. The minimum absolute atomic E-state index is 0.216. The summed E-state index contributed by atoms with van der Waals surface area (Å²) in [4.78, 5) is 0. The third-order valence-corrected chi connectivity index (χ3v) is 3.28. The Morgan fingerprint density at radius 1 is 1.21 bits per heavy atom. The Kier molecular flexibility index (Phi) is 4.38. The van der Waals surface area contributed by atoms with Gasteiger partial charge in [0, 0.05) is 5.56 Å². The molecule has 0 aliphatic carbocycles. The predicted molar refractivity (Wildman–Crippen MR) is 75.5 cm³/mol. The smallest absolute Gasteiger partial charge is 0.134 e. The maximum atomic E-state index is 13.1. The number of nitrogens with one attached hydrogen (secondary N) is 1. The Morgan fingerprint density at radius 3 is 2.63 bits per heavy atom. The molecule has 0 amide bonds. The average Bonchev–Trinajstić information content (AvgIpc) is 2.85. The normalized spacial score (nSPS) is 12.6. The van der Waals surface area contributed by atoms with Gasteiger partial charge in [-0.2, -0.15) is 0 Å². The second-order valence-electron chi connectivity index (χ2n) is 4.68. The summed E-state index contributed by atoms with van der Waals surface area (Å²) in [5.41, 5.74) is 1.83. The van der Waals surface area contributed by atoms with Gasteiger partial charge in [-0.3, -0.25) is 0 Å². The summed E-state index contributed by atoms with van der Waals surface area (Å²) < 4.78 is 19.0. The fraction of sp³-hybridized carbons (Fsp3) is 0.375. The van der Waals surface area contributed by atoms with E-state index < -0.39 is 0 Å². The highest BCUT2D eigenvalue weighted by Gasteiger charge is 2.14. The van der Waals surface area contributed by atoms with Gasteiger partial charge in [-0.1, -0.05) is 13.8 Å². The molecular weight excluding hydrogens is 241 g/mol. The molecular formula is C16H20FNO. The summed E-state index contributed by atoms with van der Waals surface area (Å²) in [5, 5.41) is 3.38. The van der Waals surface area contributed by atoms with E-state index in [0.717, 1.165) is 35.6 Å². The highest BCUT2D eigenvalue weighted by Crippen LogP contribution is 2.29. The molecule has 1 aromatic carbocycles. The van der Waals surface area contributed by atoms with Crippen LogP contribution in [0.3, 0.4) is 0 Å². The molecule has 1 N–H and O–H groups in total. The van der Waals surface area contributed by atoms with E-state index in [-0.39, 0.29) is 11.9 Å². The van der Waals surface area contributed by atoms with Gasteiger partial charge in [0.2, 0.25) is 0 Å². The molecule has 3 heteroatoms. The zero-order valence-corrected chi connectivity index (χ0v) is 11.7. The first kappa shape index (κ1) is 13.8. The molecule has 102 valence electrons. The third kappa shape index (κ3) is 3.04. The zero-order chi connectivity index (χ0) is 13.8. The summed E-state index contributed by atoms with van der Waals surface area (Å²) in [6, 6.07) is 8.94. The van der Waals surface area contributed by atoms with Gasteiger partial charge in [-0.15, -0.1) is 0 Å². The monoisotopic (exact) mass is 261 g/mol. The van der Waals surface area contributed by atoms with Crippen LogP contribution < -0.4 is 5.32 Å². The number of hydrogen-bond acceptors (Lipinski definition) is 2. The Morgan fingerprint density at radius 2 is 2.00 bits per heavy atom. The Hall–Kier alpha value is -1.61. The number of aryl methyl sites for hydroxylation is 1. The van der Waals surface area contributed by atoms with E-state index in [4.69, 9.17) is 4.42 Å². The van der Waals surface area contributed by atoms with E-state index in [1.165, 1.54) is 12.1 Å². The number of halogens is 1. The molecule has 19 heavy (non-hydrogen) atoms. The van der Waals surface area contributed by atoms with Crippen LogP contribution >= 0.6 is 0 Å². The lowest BCUT2D eigenvalue weighted by atomic mass is 10.1. The molecule has 0 saturated heterocycles. The highest BCUT2D eigenvalue weighted by molar-refractivity contribution is 5.62. The minimum atomic E-state index is -0.216. The maximum Gasteiger partial charge on any atom is 0.134 e. The van der Waals surface area contributed by atoms with Gasteiger partial charge in [-0.25, -0.2) is 4.39 Å². The third-order valence-electron chi connectivity index (χ3n) is 3.28. The van der Waals surface area contributed by atoms with Crippen LogP contribution in [0.25, 0.3) is 11.3 Å². The molecule has 0 aliphatic rings. The largest absolute Gasteiger partial charge is 0.459 e. The number of hydrogen-bond donors (Lipinski definition) is 1. The Balaban J connectivity index is 2.29. The van der Waals surface area contributed by atoms with Crippen molar-refractivity contribution in [2.45, 2.75) is 33.2 Å². The molecule has 1 atom stereocenters. The van der Waals surface area contributed by atoms with Crippen LogP contribution in [0.2, 0.25) is 0 Å². The molecule has 0 radical (unpaired) electrons. The van der Waals surface area contributed by atoms with Gasteiger partial charge in [0.1, 0.15) is 17.3 Å². The molecule has 1 aromatic heterocycles. The van der Waals surface area contributed by atoms with Crippen LogP contribution in [0.5, 0.6) is 0 Å². The molecule has 0 spiro atoms. The fourth-order valence-electron chi connectivity index (χ4n) is 2.28. The van der Waals surface area contributed by atoms with Crippen LogP contribution in [0, 0.1) is 12.7 Å². The topological polar surface area (TPSA) is 25.2 Å². The first-order valence-electron chi connectivity index (χ1n) is 6.75. The van der Waals surface area contributed by atoms with Gasteiger partial charge < -0.3 is 9.73 Å². The maximum absolute atomic E-state index is 13.1. The quantitative estimate of drug-likeness (QED) is 0.860. The van der Waals surface area contributed by atoms with Crippen molar-refractivity contribution >= 4 is 0 Å². The second kappa shape index (κ2) is 6.02. The van der Waals surface area contributed by atoms with E-state index in [1.54, 1.807) is 6.07 Å². The van der Waals surface area contributed by atoms with E-state index in [0.29, 0.717) is 0 Å². The van der Waals surface area contributed by atoms with Crippen molar-refractivity contribution in [2.24, 2.45) is 0 Å². The summed E-state index contributed by atoms with van der Waals surface area (Å²) in [5.74, 6) is 1.51. The lowest BCUT2D eigenvalue weighted by Crippen LogP contribution is -2.19. The molecule has 0 saturated carbocycles. The molecule has 0 fully saturated rings. The Labute approximate surface area is 113 Å². The molecule has 0 bridgehead atoms. The summed E-state index contributed by atoms with van der Waals surface area (Å²) in [6.07, 6.45) is 0.975. The standard InChI is InChI=1S/C16H20FNO/c1-4-14(18-5-2)16-9-8-15(19-16)13-7-6-12(17)10-11(13)3/h6-10,14,18H,4-5H2,1-3H3. The van der Waals surface area contributed by atoms with Crippen molar-refractivity contribution in [3.63, 3.8) is 0 Å². The minimum Gasteiger partial charge on any atom is -0.459 e. The van der Waals surface area contributed by atoms with Crippen LogP contribution in [0.1, 0.15) is 37.6 Å². The van der Waals surface area contributed by atoms with Crippen molar-refractivity contribution in [1.82, 2.24) is 5.32 Å². The van der Waals surface area contributed by atoms with E-state index >= 15 is 0 Å². The Bertz CT molecular complexity index is 547. The van der Waals surface area contributed by atoms with Crippen molar-refractivity contribution in [3.8, 4) is 11.3 Å². The van der Waals surface area contributed by atoms with Gasteiger partial charge in [-0.05, 0) is 55.8 Å². The van der Waals surface area contributed by atoms with Gasteiger partial charge in [0.05, 0.1) is 6.04 Å². The van der Waals surface area contributed by atoms with Crippen LogP contribution in [-0.2, 0) is 0 Å². The first-order chi connectivity index (χ1) is 9.15. The summed E-state index contributed by atoms with van der Waals surface area (Å²) >= 11 is 0. The van der Waals surface area contributed by atoms with Crippen molar-refractivity contribution < 1.29 is 8.81 Å². The molecule has 1 heterocycles. The number of furan rings is 1. The zero-order valence-electron chi connectivity index (χ0n) is 11.7. The second-order valence-corrected chi connectivity index (χ2v) is 4.68. The molecule has 1 unspecified atom stereocenters. The van der Waals surface area contributed by atoms with Crippen LogP contribution in [0.4, 0.5) is 4.39 Å². The number of rotatable bonds is 5. The summed E-state index contributed by atoms with van der Waals surface area (Å²) in [6.45, 7) is 7.00. The SMILES string of the molecule is CCNC(CC)c1ccc(-c2ccc(F)cc2C)o1. The van der Waals surface area contributed by atoms with E-state index in [1.807, 2.05) is 19.1 Å². The van der Waals surface area contributed by atoms with Crippen molar-refractivity contribution in [1.29, 1.82) is 0 Å².